The number of ether oxygens (including phenoxy) is 1. The molecule has 0 aliphatic heterocycles. The van der Waals surface area contributed by atoms with E-state index in [1.165, 1.54) is 12.1 Å². The topological polar surface area (TPSA) is 88.3 Å². The molecular formula is C19H20N2O4S. The van der Waals surface area contributed by atoms with Gasteiger partial charge in [0.05, 0.1) is 11.0 Å². The lowest BCUT2D eigenvalue weighted by Crippen LogP contribution is -2.27. The van der Waals surface area contributed by atoms with Gasteiger partial charge >= 0.3 is 0 Å². The zero-order chi connectivity index (χ0) is 18.7. The highest BCUT2D eigenvalue weighted by atomic mass is 32.2. The monoisotopic (exact) mass is 372 g/mol. The number of aromatic amines is 1. The maximum Gasteiger partial charge on any atom is 0.252 e. The summed E-state index contributed by atoms with van der Waals surface area (Å²) in [6, 6.07) is 15.2. The molecule has 0 aliphatic carbocycles. The number of para-hydroxylation sites is 1. The highest BCUT2D eigenvalue weighted by molar-refractivity contribution is 7.89. The lowest BCUT2D eigenvalue weighted by atomic mass is 10.1. The molecule has 3 rings (SSSR count). The Bertz CT molecular complexity index is 1070. The largest absolute Gasteiger partial charge is 0.491 e. The number of hydrogen-bond acceptors (Lipinski definition) is 4. The molecule has 2 N–H and O–H groups in total. The summed E-state index contributed by atoms with van der Waals surface area (Å²) < 4.78 is 32.9. The van der Waals surface area contributed by atoms with E-state index < -0.39 is 10.0 Å². The Morgan fingerprint density at radius 3 is 2.46 bits per heavy atom. The fourth-order valence-electron chi connectivity index (χ4n) is 2.55. The summed E-state index contributed by atoms with van der Waals surface area (Å²) in [5.74, 6) is 0.602. The second-order valence-electron chi connectivity index (χ2n) is 6.17. The molecule has 0 unspecified atom stereocenters. The van der Waals surface area contributed by atoms with E-state index in [1.54, 1.807) is 24.3 Å². The predicted octanol–water partition coefficient (Wildman–Crippen LogP) is 2.79. The van der Waals surface area contributed by atoms with E-state index in [4.69, 9.17) is 4.74 Å². The minimum absolute atomic E-state index is 0.00945. The Labute approximate surface area is 151 Å². The Morgan fingerprint density at radius 2 is 1.77 bits per heavy atom. The van der Waals surface area contributed by atoms with Crippen LogP contribution in [0.5, 0.6) is 5.75 Å². The summed E-state index contributed by atoms with van der Waals surface area (Å²) in [7, 11) is -3.73. The summed E-state index contributed by atoms with van der Waals surface area (Å²) in [5, 5.41) is 0.844. The van der Waals surface area contributed by atoms with E-state index in [2.05, 4.69) is 9.71 Å². The SMILES string of the molecule is CC(C)Oc1ccc(S(=O)(=O)NCc2cc3ccccc3[nH]c2=O)cc1. The number of hydrogen-bond donors (Lipinski definition) is 2. The third-order valence-electron chi connectivity index (χ3n) is 3.79. The first-order valence-electron chi connectivity index (χ1n) is 8.22. The average Bonchev–Trinajstić information content (AvgIpc) is 2.60. The van der Waals surface area contributed by atoms with Crippen LogP contribution in [0.1, 0.15) is 19.4 Å². The van der Waals surface area contributed by atoms with Gasteiger partial charge < -0.3 is 9.72 Å². The molecule has 0 radical (unpaired) electrons. The molecule has 0 fully saturated rings. The molecule has 0 saturated carbocycles. The van der Waals surface area contributed by atoms with E-state index in [0.29, 0.717) is 16.8 Å². The van der Waals surface area contributed by atoms with Gasteiger partial charge in [-0.05, 0) is 55.6 Å². The third kappa shape index (κ3) is 4.12. The van der Waals surface area contributed by atoms with Gasteiger partial charge in [-0.2, -0.15) is 0 Å². The van der Waals surface area contributed by atoms with Crippen LogP contribution >= 0.6 is 0 Å². The number of H-pyrrole nitrogens is 1. The molecule has 2 aromatic carbocycles. The number of sulfonamides is 1. The summed E-state index contributed by atoms with van der Waals surface area (Å²) >= 11 is 0. The second kappa shape index (κ2) is 7.31. The number of nitrogens with one attached hydrogen (secondary N) is 2. The Kier molecular flexibility index (Phi) is 5.11. The van der Waals surface area contributed by atoms with Gasteiger partial charge in [0.2, 0.25) is 10.0 Å². The molecule has 0 aliphatic rings. The molecule has 0 atom stereocenters. The van der Waals surface area contributed by atoms with E-state index in [-0.39, 0.29) is 23.1 Å². The molecule has 0 amide bonds. The standard InChI is InChI=1S/C19H20N2O4S/c1-13(2)25-16-7-9-17(10-8-16)26(23,24)20-12-15-11-14-5-3-4-6-18(14)21-19(15)22/h3-11,13,20H,12H2,1-2H3,(H,21,22). The van der Waals surface area contributed by atoms with Crippen LogP contribution in [-0.2, 0) is 16.6 Å². The van der Waals surface area contributed by atoms with Gasteiger partial charge in [-0.1, -0.05) is 18.2 Å². The summed E-state index contributed by atoms with van der Waals surface area (Å²) in [5.41, 5.74) is 0.754. The van der Waals surface area contributed by atoms with Crippen molar-refractivity contribution < 1.29 is 13.2 Å². The normalized spacial score (nSPS) is 11.8. The van der Waals surface area contributed by atoms with Gasteiger partial charge in [0.1, 0.15) is 5.75 Å². The Balaban J connectivity index is 1.78. The van der Waals surface area contributed by atoms with Gasteiger partial charge in [0.15, 0.2) is 0 Å². The molecule has 1 aromatic heterocycles. The van der Waals surface area contributed by atoms with Crippen molar-refractivity contribution in [1.29, 1.82) is 0 Å². The van der Waals surface area contributed by atoms with Crippen molar-refractivity contribution >= 4 is 20.9 Å². The Hall–Kier alpha value is -2.64. The average molecular weight is 372 g/mol. The lowest BCUT2D eigenvalue weighted by molar-refractivity contribution is 0.242. The van der Waals surface area contributed by atoms with Crippen molar-refractivity contribution in [3.05, 3.63) is 70.5 Å². The highest BCUT2D eigenvalue weighted by Crippen LogP contribution is 2.17. The minimum Gasteiger partial charge on any atom is -0.491 e. The molecule has 136 valence electrons. The van der Waals surface area contributed by atoms with Crippen molar-refractivity contribution in [3.8, 4) is 5.75 Å². The van der Waals surface area contributed by atoms with Crippen LogP contribution in [0.4, 0.5) is 0 Å². The molecule has 0 bridgehead atoms. The first kappa shape index (κ1) is 18.2. The van der Waals surface area contributed by atoms with Gasteiger partial charge in [-0.15, -0.1) is 0 Å². The Morgan fingerprint density at radius 1 is 1.08 bits per heavy atom. The van der Waals surface area contributed by atoms with Crippen molar-refractivity contribution in [1.82, 2.24) is 9.71 Å². The first-order valence-corrected chi connectivity index (χ1v) is 9.71. The smallest absolute Gasteiger partial charge is 0.252 e. The summed E-state index contributed by atoms with van der Waals surface area (Å²) in [6.45, 7) is 3.70. The highest BCUT2D eigenvalue weighted by Gasteiger charge is 2.15. The molecule has 0 saturated heterocycles. The van der Waals surface area contributed by atoms with Crippen LogP contribution in [0.15, 0.2) is 64.3 Å². The van der Waals surface area contributed by atoms with Gasteiger partial charge in [0.25, 0.3) is 5.56 Å². The van der Waals surface area contributed by atoms with Crippen LogP contribution < -0.4 is 15.0 Å². The maximum atomic E-state index is 12.4. The number of fused-ring (bicyclic) bond motifs is 1. The van der Waals surface area contributed by atoms with E-state index in [1.807, 2.05) is 32.0 Å². The van der Waals surface area contributed by atoms with Gasteiger partial charge in [-0.25, -0.2) is 13.1 Å². The quantitative estimate of drug-likeness (QED) is 0.696. The van der Waals surface area contributed by atoms with E-state index in [0.717, 1.165) is 5.39 Å². The van der Waals surface area contributed by atoms with Crippen LogP contribution in [0, 0.1) is 0 Å². The summed E-state index contributed by atoms with van der Waals surface area (Å²) in [6.07, 6.45) is 0.00945. The molecule has 7 heteroatoms. The fourth-order valence-corrected chi connectivity index (χ4v) is 3.56. The molecule has 0 spiro atoms. The maximum absolute atomic E-state index is 12.4. The van der Waals surface area contributed by atoms with E-state index >= 15 is 0 Å². The van der Waals surface area contributed by atoms with Crippen molar-refractivity contribution in [2.75, 3.05) is 0 Å². The lowest BCUT2D eigenvalue weighted by Gasteiger charge is -2.11. The molecule has 26 heavy (non-hydrogen) atoms. The number of aromatic nitrogens is 1. The predicted molar refractivity (Wildman–Crippen MR) is 101 cm³/mol. The van der Waals surface area contributed by atoms with E-state index in [9.17, 15) is 13.2 Å². The van der Waals surface area contributed by atoms with Crippen LogP contribution in [-0.4, -0.2) is 19.5 Å². The van der Waals surface area contributed by atoms with Crippen molar-refractivity contribution in [2.45, 2.75) is 31.4 Å². The molecule has 6 nitrogen and oxygen atoms in total. The number of pyridine rings is 1. The molecule has 3 aromatic rings. The number of benzene rings is 2. The van der Waals surface area contributed by atoms with Gasteiger partial charge in [0, 0.05) is 17.6 Å². The zero-order valence-electron chi connectivity index (χ0n) is 14.5. The molecular weight excluding hydrogens is 352 g/mol. The van der Waals surface area contributed by atoms with Crippen LogP contribution in [0.2, 0.25) is 0 Å². The fraction of sp³-hybridized carbons (Fsp3) is 0.211. The van der Waals surface area contributed by atoms with Crippen LogP contribution in [0.3, 0.4) is 0 Å². The first-order chi connectivity index (χ1) is 12.3. The van der Waals surface area contributed by atoms with Crippen molar-refractivity contribution in [2.24, 2.45) is 0 Å². The summed E-state index contributed by atoms with van der Waals surface area (Å²) in [4.78, 5) is 15.0. The number of rotatable bonds is 6. The van der Waals surface area contributed by atoms with Gasteiger partial charge in [-0.3, -0.25) is 4.79 Å². The van der Waals surface area contributed by atoms with Crippen molar-refractivity contribution in [3.63, 3.8) is 0 Å². The third-order valence-corrected chi connectivity index (χ3v) is 5.21. The molecule has 1 heterocycles. The van der Waals surface area contributed by atoms with Crippen LogP contribution in [0.25, 0.3) is 10.9 Å². The minimum atomic E-state index is -3.73. The zero-order valence-corrected chi connectivity index (χ0v) is 15.3. The second-order valence-corrected chi connectivity index (χ2v) is 7.94.